The van der Waals surface area contributed by atoms with Crippen LogP contribution >= 0.6 is 0 Å². The first-order valence-corrected chi connectivity index (χ1v) is 5.40. The second-order valence-electron chi connectivity index (χ2n) is 3.53. The fourth-order valence-corrected chi connectivity index (χ4v) is 1.57. The molecule has 1 saturated heterocycles. The molecule has 0 saturated carbocycles. The van der Waals surface area contributed by atoms with Crippen molar-refractivity contribution < 1.29 is 14.3 Å². The summed E-state index contributed by atoms with van der Waals surface area (Å²) in [4.78, 5) is 22.5. The Kier molecular flexibility index (Phi) is 5.10. The predicted molar refractivity (Wildman–Crippen MR) is 55.3 cm³/mol. The van der Waals surface area contributed by atoms with Gasteiger partial charge in [-0.15, -0.1) is 0 Å². The summed E-state index contributed by atoms with van der Waals surface area (Å²) in [6, 6.07) is -0.145. The molecule has 1 fully saturated rings. The van der Waals surface area contributed by atoms with Crippen molar-refractivity contribution in [2.24, 2.45) is 0 Å². The second-order valence-corrected chi connectivity index (χ2v) is 3.53. The summed E-state index contributed by atoms with van der Waals surface area (Å²) in [5, 5.41) is 5.67. The zero-order chi connectivity index (χ0) is 11.1. The molecule has 1 rings (SSSR count). The van der Waals surface area contributed by atoms with Crippen LogP contribution in [-0.2, 0) is 14.3 Å². The van der Waals surface area contributed by atoms with Crippen LogP contribution < -0.4 is 10.6 Å². The van der Waals surface area contributed by atoms with E-state index in [-0.39, 0.29) is 24.5 Å². The predicted octanol–water partition coefficient (Wildman–Crippen LogP) is -0.192. The molecule has 86 valence electrons. The topological polar surface area (TPSA) is 67.4 Å². The lowest BCUT2D eigenvalue weighted by atomic mass is 10.0. The number of nitrogens with one attached hydrogen (secondary N) is 2. The van der Waals surface area contributed by atoms with Gasteiger partial charge in [-0.05, 0) is 26.3 Å². The molecule has 1 aliphatic heterocycles. The lowest BCUT2D eigenvalue weighted by Crippen LogP contribution is -2.47. The summed E-state index contributed by atoms with van der Waals surface area (Å²) >= 11 is 0. The molecular weight excluding hydrogens is 196 g/mol. The van der Waals surface area contributed by atoms with Gasteiger partial charge in [0.25, 0.3) is 0 Å². The maximum absolute atomic E-state index is 11.5. The highest BCUT2D eigenvalue weighted by atomic mass is 16.5. The van der Waals surface area contributed by atoms with Crippen LogP contribution in [0.2, 0.25) is 0 Å². The van der Waals surface area contributed by atoms with Crippen molar-refractivity contribution in [2.75, 3.05) is 19.7 Å². The summed E-state index contributed by atoms with van der Waals surface area (Å²) in [5.74, 6) is -0.496. The molecule has 0 radical (unpaired) electrons. The molecule has 0 aromatic heterocycles. The van der Waals surface area contributed by atoms with Crippen molar-refractivity contribution in [3.05, 3.63) is 0 Å². The molecule has 0 unspecified atom stereocenters. The van der Waals surface area contributed by atoms with Crippen LogP contribution in [-0.4, -0.2) is 37.6 Å². The molecule has 0 bridgehead atoms. The van der Waals surface area contributed by atoms with Crippen molar-refractivity contribution in [3.8, 4) is 0 Å². The summed E-state index contributed by atoms with van der Waals surface area (Å²) in [5.41, 5.74) is 0. The molecule has 1 heterocycles. The number of hydrogen-bond acceptors (Lipinski definition) is 4. The molecule has 1 aliphatic rings. The Labute approximate surface area is 89.6 Å². The molecular formula is C10H18N2O3. The fourth-order valence-electron chi connectivity index (χ4n) is 1.57. The first-order chi connectivity index (χ1) is 7.24. The Bertz CT molecular complexity index is 225. The third-order valence-corrected chi connectivity index (χ3v) is 2.34. The smallest absolute Gasteiger partial charge is 0.325 e. The van der Waals surface area contributed by atoms with E-state index in [0.29, 0.717) is 6.61 Å². The van der Waals surface area contributed by atoms with Crippen LogP contribution in [0, 0.1) is 0 Å². The fraction of sp³-hybridized carbons (Fsp3) is 0.800. The number of rotatable bonds is 4. The van der Waals surface area contributed by atoms with E-state index in [1.165, 1.54) is 0 Å². The SMILES string of the molecule is CCOC(=O)CNC(=O)[C@H]1CCCCN1. The van der Waals surface area contributed by atoms with Gasteiger partial charge in [-0.3, -0.25) is 9.59 Å². The first kappa shape index (κ1) is 12.0. The maximum atomic E-state index is 11.5. The number of ether oxygens (including phenoxy) is 1. The van der Waals surface area contributed by atoms with Crippen LogP contribution in [0.1, 0.15) is 26.2 Å². The molecule has 0 spiro atoms. The monoisotopic (exact) mass is 214 g/mol. The highest BCUT2D eigenvalue weighted by Crippen LogP contribution is 2.06. The Morgan fingerprint density at radius 2 is 2.27 bits per heavy atom. The average molecular weight is 214 g/mol. The van der Waals surface area contributed by atoms with Crippen molar-refractivity contribution in [2.45, 2.75) is 32.2 Å². The van der Waals surface area contributed by atoms with E-state index in [2.05, 4.69) is 10.6 Å². The summed E-state index contributed by atoms with van der Waals surface area (Å²) < 4.78 is 4.71. The van der Waals surface area contributed by atoms with Gasteiger partial charge in [0, 0.05) is 0 Å². The van der Waals surface area contributed by atoms with E-state index in [0.717, 1.165) is 25.8 Å². The van der Waals surface area contributed by atoms with Gasteiger partial charge in [-0.25, -0.2) is 0 Å². The zero-order valence-corrected chi connectivity index (χ0v) is 9.04. The molecule has 1 amide bonds. The minimum absolute atomic E-state index is 0.0369. The number of esters is 1. The van der Waals surface area contributed by atoms with Gasteiger partial charge < -0.3 is 15.4 Å². The molecule has 0 aromatic carbocycles. The van der Waals surface area contributed by atoms with E-state index in [4.69, 9.17) is 4.74 Å². The van der Waals surface area contributed by atoms with Crippen molar-refractivity contribution in [1.82, 2.24) is 10.6 Å². The minimum Gasteiger partial charge on any atom is -0.465 e. The molecule has 2 N–H and O–H groups in total. The van der Waals surface area contributed by atoms with Gasteiger partial charge in [0.05, 0.1) is 12.6 Å². The highest BCUT2D eigenvalue weighted by molar-refractivity contribution is 5.85. The summed E-state index contributed by atoms with van der Waals surface area (Å²) in [6.07, 6.45) is 3.01. The van der Waals surface area contributed by atoms with Crippen molar-refractivity contribution >= 4 is 11.9 Å². The van der Waals surface area contributed by atoms with E-state index in [9.17, 15) is 9.59 Å². The normalized spacial score (nSPS) is 20.7. The number of carbonyl (C=O) groups is 2. The number of hydrogen-bond donors (Lipinski definition) is 2. The lowest BCUT2D eigenvalue weighted by molar-refractivity contribution is -0.143. The average Bonchev–Trinajstić information content (AvgIpc) is 2.27. The molecule has 5 nitrogen and oxygen atoms in total. The standard InChI is InChI=1S/C10H18N2O3/c1-2-15-9(13)7-12-10(14)8-5-3-4-6-11-8/h8,11H,2-7H2,1H3,(H,12,14)/t8-/m1/s1. The maximum Gasteiger partial charge on any atom is 0.325 e. The molecule has 5 heteroatoms. The van der Waals surface area contributed by atoms with Gasteiger partial charge >= 0.3 is 5.97 Å². The van der Waals surface area contributed by atoms with E-state index in [1.807, 2.05) is 0 Å². The van der Waals surface area contributed by atoms with Gasteiger partial charge in [-0.1, -0.05) is 6.42 Å². The number of piperidine rings is 1. The van der Waals surface area contributed by atoms with Crippen LogP contribution in [0.25, 0.3) is 0 Å². The molecule has 0 aromatic rings. The molecule has 15 heavy (non-hydrogen) atoms. The van der Waals surface area contributed by atoms with Crippen molar-refractivity contribution in [3.63, 3.8) is 0 Å². The lowest BCUT2D eigenvalue weighted by Gasteiger charge is -2.22. The molecule has 1 atom stereocenters. The summed E-state index contributed by atoms with van der Waals surface area (Å²) in [6.45, 7) is 2.92. The Morgan fingerprint density at radius 1 is 1.47 bits per heavy atom. The third-order valence-electron chi connectivity index (χ3n) is 2.34. The van der Waals surface area contributed by atoms with E-state index >= 15 is 0 Å². The van der Waals surface area contributed by atoms with Crippen LogP contribution in [0.15, 0.2) is 0 Å². The van der Waals surface area contributed by atoms with E-state index in [1.54, 1.807) is 6.92 Å². The first-order valence-electron chi connectivity index (χ1n) is 5.40. The van der Waals surface area contributed by atoms with Gasteiger partial charge in [0.1, 0.15) is 6.54 Å². The molecule has 0 aliphatic carbocycles. The van der Waals surface area contributed by atoms with Gasteiger partial charge in [0.2, 0.25) is 5.91 Å². The Morgan fingerprint density at radius 3 is 2.87 bits per heavy atom. The third kappa shape index (κ3) is 4.29. The second kappa shape index (κ2) is 6.40. The van der Waals surface area contributed by atoms with Crippen molar-refractivity contribution in [1.29, 1.82) is 0 Å². The summed E-state index contributed by atoms with van der Waals surface area (Å²) in [7, 11) is 0. The minimum atomic E-state index is -0.387. The Hall–Kier alpha value is -1.10. The largest absolute Gasteiger partial charge is 0.465 e. The van der Waals surface area contributed by atoms with Crippen LogP contribution in [0.5, 0.6) is 0 Å². The van der Waals surface area contributed by atoms with Crippen LogP contribution in [0.3, 0.4) is 0 Å². The van der Waals surface area contributed by atoms with Gasteiger partial charge in [-0.2, -0.15) is 0 Å². The highest BCUT2D eigenvalue weighted by Gasteiger charge is 2.20. The Balaban J connectivity index is 2.19. The number of carbonyl (C=O) groups excluding carboxylic acids is 2. The quantitative estimate of drug-likeness (QED) is 0.636. The van der Waals surface area contributed by atoms with Gasteiger partial charge in [0.15, 0.2) is 0 Å². The van der Waals surface area contributed by atoms with E-state index < -0.39 is 0 Å². The van der Waals surface area contributed by atoms with Crippen LogP contribution in [0.4, 0.5) is 0 Å². The zero-order valence-electron chi connectivity index (χ0n) is 9.04. The number of amides is 1.